The van der Waals surface area contributed by atoms with Gasteiger partial charge in [0, 0.05) is 22.6 Å². The zero-order valence-corrected chi connectivity index (χ0v) is 24.5. The van der Waals surface area contributed by atoms with Gasteiger partial charge in [-0.3, -0.25) is 9.10 Å². The fourth-order valence-electron chi connectivity index (χ4n) is 4.24. The lowest BCUT2D eigenvalue weighted by Crippen LogP contribution is -2.39. The third kappa shape index (κ3) is 6.33. The number of sulfonamides is 1. The van der Waals surface area contributed by atoms with Gasteiger partial charge in [0.15, 0.2) is 0 Å². The molecule has 0 bridgehead atoms. The monoisotopic (exact) mass is 598 g/mol. The smallest absolute Gasteiger partial charge is 0.264 e. The Balaban J connectivity index is 1.58. The number of nitrogens with zero attached hydrogens (tertiary/aromatic N) is 3. The number of rotatable bonds is 10. The van der Waals surface area contributed by atoms with E-state index in [0.29, 0.717) is 22.4 Å². The minimum Gasteiger partial charge on any atom is -0.492 e. The first-order chi connectivity index (χ1) is 19.1. The molecule has 0 saturated heterocycles. The van der Waals surface area contributed by atoms with Crippen LogP contribution < -0.4 is 14.5 Å². The molecular weight excluding hydrogens is 571 g/mol. The van der Waals surface area contributed by atoms with Crippen LogP contribution in [0, 0.1) is 13.8 Å². The fourth-order valence-corrected chi connectivity index (χ4v) is 5.98. The van der Waals surface area contributed by atoms with Crippen LogP contribution in [0.5, 0.6) is 5.75 Å². The molecule has 11 heteroatoms. The Bertz CT molecular complexity index is 1650. The van der Waals surface area contributed by atoms with E-state index in [1.54, 1.807) is 61.5 Å². The van der Waals surface area contributed by atoms with Crippen molar-refractivity contribution in [2.45, 2.75) is 25.7 Å². The van der Waals surface area contributed by atoms with E-state index in [9.17, 15) is 13.2 Å². The summed E-state index contributed by atoms with van der Waals surface area (Å²) in [5.74, 6) is -0.282. The van der Waals surface area contributed by atoms with Crippen LogP contribution >= 0.6 is 23.2 Å². The van der Waals surface area contributed by atoms with Gasteiger partial charge in [0.1, 0.15) is 12.3 Å². The molecule has 0 aliphatic rings. The number of hydrogen-bond donors (Lipinski definition) is 1. The zero-order valence-electron chi connectivity index (χ0n) is 22.1. The molecule has 4 aromatic rings. The van der Waals surface area contributed by atoms with Crippen LogP contribution in [0.3, 0.4) is 0 Å². The number of hydrogen-bond acceptors (Lipinski definition) is 5. The summed E-state index contributed by atoms with van der Waals surface area (Å²) in [7, 11) is -4.10. The van der Waals surface area contributed by atoms with E-state index >= 15 is 0 Å². The van der Waals surface area contributed by atoms with Gasteiger partial charge in [0.2, 0.25) is 0 Å². The van der Waals surface area contributed by atoms with Crippen LogP contribution in [0.2, 0.25) is 10.0 Å². The molecule has 1 N–H and O–H groups in total. The maximum absolute atomic E-state index is 13.6. The molecule has 0 radical (unpaired) electrons. The van der Waals surface area contributed by atoms with Crippen molar-refractivity contribution in [3.63, 3.8) is 0 Å². The number of hydrazone groups is 1. The molecule has 0 saturated carbocycles. The molecular formula is C29H28Cl2N4O4S. The number of ether oxygens (including phenoxy) is 1. The van der Waals surface area contributed by atoms with Crippen LogP contribution in [0.15, 0.2) is 88.9 Å². The van der Waals surface area contributed by atoms with Gasteiger partial charge in [-0.1, -0.05) is 53.5 Å². The zero-order chi connectivity index (χ0) is 28.9. The largest absolute Gasteiger partial charge is 0.492 e. The molecule has 0 fully saturated rings. The summed E-state index contributed by atoms with van der Waals surface area (Å²) in [6, 6.07) is 21.9. The van der Waals surface area contributed by atoms with Crippen molar-refractivity contribution in [3.8, 4) is 11.4 Å². The highest BCUT2D eigenvalue weighted by atomic mass is 35.5. The molecule has 0 unspecified atom stereocenters. The average molecular weight is 600 g/mol. The Morgan fingerprint density at radius 1 is 1.00 bits per heavy atom. The number of halogens is 2. The van der Waals surface area contributed by atoms with Gasteiger partial charge in [-0.05, 0) is 69.3 Å². The number of carbonyl (C=O) groups excluding carboxylic acids is 1. The summed E-state index contributed by atoms with van der Waals surface area (Å²) in [6.45, 7) is 5.46. The maximum atomic E-state index is 13.6. The minimum absolute atomic E-state index is 0.0485. The SMILES string of the molecule is CCOc1ccccc1N(CC(=O)N/N=C\c1cc(C)n(-c2ccc(Cl)c(Cl)c2)c1C)S(=O)(=O)c1ccccc1. The predicted molar refractivity (Wildman–Crippen MR) is 160 cm³/mol. The van der Waals surface area contributed by atoms with Gasteiger partial charge in [-0.15, -0.1) is 0 Å². The van der Waals surface area contributed by atoms with E-state index in [1.165, 1.54) is 18.3 Å². The fraction of sp³-hybridized carbons (Fsp3) is 0.172. The normalized spacial score (nSPS) is 11.5. The van der Waals surface area contributed by atoms with Crippen molar-refractivity contribution in [1.82, 2.24) is 9.99 Å². The Hall–Kier alpha value is -3.79. The molecule has 0 aliphatic carbocycles. The first-order valence-corrected chi connectivity index (χ1v) is 14.6. The summed E-state index contributed by atoms with van der Waals surface area (Å²) in [4.78, 5) is 13.1. The molecule has 8 nitrogen and oxygen atoms in total. The lowest BCUT2D eigenvalue weighted by atomic mass is 10.2. The number of carbonyl (C=O) groups is 1. The molecule has 1 aromatic heterocycles. The highest BCUT2D eigenvalue weighted by Gasteiger charge is 2.29. The second kappa shape index (κ2) is 12.6. The van der Waals surface area contributed by atoms with Crippen molar-refractivity contribution in [3.05, 3.63) is 106 Å². The number of para-hydroxylation sites is 2. The second-order valence-corrected chi connectivity index (χ2v) is 11.5. The van der Waals surface area contributed by atoms with Crippen LogP contribution in [0.25, 0.3) is 5.69 Å². The van der Waals surface area contributed by atoms with E-state index < -0.39 is 22.5 Å². The van der Waals surface area contributed by atoms with E-state index in [1.807, 2.05) is 30.5 Å². The van der Waals surface area contributed by atoms with E-state index in [2.05, 4.69) is 10.5 Å². The van der Waals surface area contributed by atoms with Gasteiger partial charge in [0.25, 0.3) is 15.9 Å². The number of benzene rings is 3. The van der Waals surface area contributed by atoms with Crippen LogP contribution in [-0.4, -0.2) is 38.3 Å². The van der Waals surface area contributed by atoms with Gasteiger partial charge in [0.05, 0.1) is 33.4 Å². The number of aryl methyl sites for hydroxylation is 1. The topological polar surface area (TPSA) is 93.0 Å². The number of nitrogens with one attached hydrogen (secondary N) is 1. The Morgan fingerprint density at radius 3 is 2.40 bits per heavy atom. The van der Waals surface area contributed by atoms with E-state index in [0.717, 1.165) is 26.9 Å². The third-order valence-electron chi connectivity index (χ3n) is 6.08. The van der Waals surface area contributed by atoms with Crippen LogP contribution in [0.4, 0.5) is 5.69 Å². The summed E-state index contributed by atoms with van der Waals surface area (Å²) in [5, 5.41) is 5.01. The van der Waals surface area contributed by atoms with E-state index in [-0.39, 0.29) is 10.6 Å². The van der Waals surface area contributed by atoms with Crippen molar-refractivity contribution in [2.75, 3.05) is 17.5 Å². The number of amides is 1. The average Bonchev–Trinajstić information content (AvgIpc) is 3.22. The molecule has 208 valence electrons. The minimum atomic E-state index is -4.10. The van der Waals surface area contributed by atoms with Gasteiger partial charge < -0.3 is 9.30 Å². The third-order valence-corrected chi connectivity index (χ3v) is 8.59. The number of anilines is 1. The van der Waals surface area contributed by atoms with Gasteiger partial charge >= 0.3 is 0 Å². The molecule has 40 heavy (non-hydrogen) atoms. The highest BCUT2D eigenvalue weighted by molar-refractivity contribution is 7.92. The predicted octanol–water partition coefficient (Wildman–Crippen LogP) is 6.15. The van der Waals surface area contributed by atoms with Gasteiger partial charge in [-0.25, -0.2) is 13.8 Å². The first kappa shape index (κ1) is 29.2. The Morgan fingerprint density at radius 2 is 1.70 bits per heavy atom. The Kier molecular flexibility index (Phi) is 9.19. The summed E-state index contributed by atoms with van der Waals surface area (Å²) >= 11 is 12.3. The van der Waals surface area contributed by atoms with Crippen molar-refractivity contribution in [2.24, 2.45) is 5.10 Å². The molecule has 4 rings (SSSR count). The molecule has 0 spiro atoms. The van der Waals surface area contributed by atoms with Crippen LogP contribution in [0.1, 0.15) is 23.9 Å². The highest BCUT2D eigenvalue weighted by Crippen LogP contribution is 2.32. The van der Waals surface area contributed by atoms with Gasteiger partial charge in [-0.2, -0.15) is 5.10 Å². The number of aromatic nitrogens is 1. The molecule has 1 heterocycles. The summed E-state index contributed by atoms with van der Waals surface area (Å²) in [6.07, 6.45) is 1.51. The molecule has 0 atom stereocenters. The lowest BCUT2D eigenvalue weighted by molar-refractivity contribution is -0.119. The maximum Gasteiger partial charge on any atom is 0.264 e. The quantitative estimate of drug-likeness (QED) is 0.175. The van der Waals surface area contributed by atoms with Crippen molar-refractivity contribution >= 4 is 51.0 Å². The summed E-state index contributed by atoms with van der Waals surface area (Å²) < 4.78 is 35.9. The molecule has 0 aliphatic heterocycles. The van der Waals surface area contributed by atoms with Crippen molar-refractivity contribution < 1.29 is 17.9 Å². The van der Waals surface area contributed by atoms with E-state index in [4.69, 9.17) is 27.9 Å². The van der Waals surface area contributed by atoms with Crippen LogP contribution in [-0.2, 0) is 14.8 Å². The Labute approximate surface area is 243 Å². The second-order valence-electron chi connectivity index (χ2n) is 8.78. The molecule has 3 aromatic carbocycles. The first-order valence-electron chi connectivity index (χ1n) is 12.4. The molecule has 1 amide bonds. The summed E-state index contributed by atoms with van der Waals surface area (Å²) in [5.41, 5.74) is 6.10. The standard InChI is InChI=1S/C29H28Cl2N4O4S/c1-4-39-28-13-9-8-12-27(28)34(40(37,38)24-10-6-5-7-11-24)19-29(36)33-32-18-22-16-20(2)35(21(22)3)23-14-15-25(30)26(31)17-23/h5-18H,4,19H2,1-3H3,(H,33,36)/b32-18-. The van der Waals surface area contributed by atoms with Crippen molar-refractivity contribution in [1.29, 1.82) is 0 Å². The lowest BCUT2D eigenvalue weighted by Gasteiger charge is -2.25.